The van der Waals surface area contributed by atoms with Crippen molar-refractivity contribution in [3.63, 3.8) is 0 Å². The second-order valence-corrected chi connectivity index (χ2v) is 5.83. The summed E-state index contributed by atoms with van der Waals surface area (Å²) in [6.45, 7) is 6.55. The Kier molecular flexibility index (Phi) is 3.62. The molecular weight excluding hydrogens is 246 g/mol. The van der Waals surface area contributed by atoms with Gasteiger partial charge in [0.15, 0.2) is 0 Å². The first kappa shape index (κ1) is 13.4. The monoisotopic (exact) mass is 269 g/mol. The van der Waals surface area contributed by atoms with Gasteiger partial charge in [0.1, 0.15) is 0 Å². The minimum atomic E-state index is 0.540. The molecule has 3 rings (SSSR count). The number of nitrogens with one attached hydrogen (secondary N) is 1. The van der Waals surface area contributed by atoms with Crippen LogP contribution in [0.4, 0.5) is 0 Å². The van der Waals surface area contributed by atoms with E-state index in [0.717, 1.165) is 13.1 Å². The number of rotatable bonds is 2. The van der Waals surface area contributed by atoms with Crippen molar-refractivity contribution >= 4 is 0 Å². The van der Waals surface area contributed by atoms with Gasteiger partial charge >= 0.3 is 0 Å². The molecule has 1 N–H and O–H groups in total. The lowest BCUT2D eigenvalue weighted by molar-refractivity contribution is 0.452. The molecule has 1 aromatic carbocycles. The molecule has 0 radical (unpaired) electrons. The molecule has 0 spiro atoms. The number of nitrogens with zero attached hydrogens (tertiary/aromatic N) is 2. The number of hydrogen-bond donors (Lipinski definition) is 1. The molecule has 0 amide bonds. The standard InChI is InChI=1S/C17H23N3/c1-12-7-4-5-9-15(12)16-13(2)20(3)19-17(16)14-8-6-10-18-11-14/h4-5,7,9,14,18H,6,8,10-11H2,1-3H3. The van der Waals surface area contributed by atoms with Crippen molar-refractivity contribution in [1.29, 1.82) is 0 Å². The fourth-order valence-corrected chi connectivity index (χ4v) is 3.19. The van der Waals surface area contributed by atoms with E-state index in [1.165, 1.54) is 40.9 Å². The van der Waals surface area contributed by atoms with Crippen LogP contribution in [-0.2, 0) is 7.05 Å². The molecule has 3 heteroatoms. The van der Waals surface area contributed by atoms with Gasteiger partial charge in [0.2, 0.25) is 0 Å². The fraction of sp³-hybridized carbons (Fsp3) is 0.471. The summed E-state index contributed by atoms with van der Waals surface area (Å²) in [5.41, 5.74) is 6.54. The van der Waals surface area contributed by atoms with Crippen molar-refractivity contribution in [3.8, 4) is 11.1 Å². The van der Waals surface area contributed by atoms with Crippen LogP contribution in [-0.4, -0.2) is 22.9 Å². The summed E-state index contributed by atoms with van der Waals surface area (Å²) < 4.78 is 2.03. The van der Waals surface area contributed by atoms with Gasteiger partial charge in [-0.15, -0.1) is 0 Å². The Labute approximate surface area is 121 Å². The zero-order valence-electron chi connectivity index (χ0n) is 12.6. The molecule has 1 saturated heterocycles. The number of piperidine rings is 1. The normalized spacial score (nSPS) is 19.2. The zero-order chi connectivity index (χ0) is 14.1. The number of hydrogen-bond acceptors (Lipinski definition) is 2. The van der Waals surface area contributed by atoms with E-state index in [4.69, 9.17) is 5.10 Å². The lowest BCUT2D eigenvalue weighted by Crippen LogP contribution is -2.28. The van der Waals surface area contributed by atoms with Crippen LogP contribution in [0.5, 0.6) is 0 Å². The lowest BCUT2D eigenvalue weighted by Gasteiger charge is -2.22. The van der Waals surface area contributed by atoms with Gasteiger partial charge in [0.25, 0.3) is 0 Å². The first-order valence-electron chi connectivity index (χ1n) is 7.48. The first-order chi connectivity index (χ1) is 9.68. The Hall–Kier alpha value is -1.61. The van der Waals surface area contributed by atoms with Gasteiger partial charge in [-0.1, -0.05) is 24.3 Å². The van der Waals surface area contributed by atoms with E-state index in [1.807, 2.05) is 4.68 Å². The SMILES string of the molecule is Cc1ccccc1-c1c(C2CCCNC2)nn(C)c1C. The highest BCUT2D eigenvalue weighted by molar-refractivity contribution is 5.72. The molecule has 0 bridgehead atoms. The molecule has 0 aliphatic carbocycles. The topological polar surface area (TPSA) is 29.9 Å². The van der Waals surface area contributed by atoms with Crippen molar-refractivity contribution in [2.45, 2.75) is 32.6 Å². The summed E-state index contributed by atoms with van der Waals surface area (Å²) in [4.78, 5) is 0. The predicted octanol–water partition coefficient (Wildman–Crippen LogP) is 3.17. The van der Waals surface area contributed by atoms with Crippen molar-refractivity contribution in [1.82, 2.24) is 15.1 Å². The Morgan fingerprint density at radius 3 is 2.75 bits per heavy atom. The second-order valence-electron chi connectivity index (χ2n) is 5.83. The van der Waals surface area contributed by atoms with Gasteiger partial charge in [-0.3, -0.25) is 4.68 Å². The second kappa shape index (κ2) is 5.41. The molecule has 0 saturated carbocycles. The van der Waals surface area contributed by atoms with Crippen LogP contribution in [0.1, 0.15) is 35.7 Å². The van der Waals surface area contributed by atoms with E-state index in [-0.39, 0.29) is 0 Å². The average Bonchev–Trinajstić information content (AvgIpc) is 2.77. The van der Waals surface area contributed by atoms with E-state index in [2.05, 4.69) is 50.5 Å². The molecule has 1 aromatic heterocycles. The Morgan fingerprint density at radius 1 is 1.25 bits per heavy atom. The highest BCUT2D eigenvalue weighted by Crippen LogP contribution is 2.35. The van der Waals surface area contributed by atoms with Gasteiger partial charge in [-0.2, -0.15) is 5.10 Å². The van der Waals surface area contributed by atoms with Crippen molar-refractivity contribution in [2.75, 3.05) is 13.1 Å². The van der Waals surface area contributed by atoms with Crippen molar-refractivity contribution in [3.05, 3.63) is 41.2 Å². The highest BCUT2D eigenvalue weighted by atomic mass is 15.3. The predicted molar refractivity (Wildman–Crippen MR) is 83.0 cm³/mol. The van der Waals surface area contributed by atoms with Crippen molar-refractivity contribution < 1.29 is 0 Å². The van der Waals surface area contributed by atoms with Gasteiger partial charge in [-0.25, -0.2) is 0 Å². The van der Waals surface area contributed by atoms with Crippen LogP contribution in [0.2, 0.25) is 0 Å². The van der Waals surface area contributed by atoms with Crippen LogP contribution < -0.4 is 5.32 Å². The molecule has 2 aromatic rings. The van der Waals surface area contributed by atoms with E-state index < -0.39 is 0 Å². The fourth-order valence-electron chi connectivity index (χ4n) is 3.19. The number of aryl methyl sites for hydroxylation is 2. The summed E-state index contributed by atoms with van der Waals surface area (Å²) in [5.74, 6) is 0.540. The van der Waals surface area contributed by atoms with Crippen LogP contribution in [0.3, 0.4) is 0 Å². The minimum absolute atomic E-state index is 0.540. The van der Waals surface area contributed by atoms with Gasteiger partial charge in [0, 0.05) is 30.8 Å². The summed E-state index contributed by atoms with van der Waals surface area (Å²) in [7, 11) is 2.05. The van der Waals surface area contributed by atoms with Gasteiger partial charge in [0.05, 0.1) is 5.69 Å². The van der Waals surface area contributed by atoms with E-state index in [9.17, 15) is 0 Å². The Morgan fingerprint density at radius 2 is 2.05 bits per heavy atom. The summed E-state index contributed by atoms with van der Waals surface area (Å²) in [6.07, 6.45) is 2.48. The summed E-state index contributed by atoms with van der Waals surface area (Å²) >= 11 is 0. The Balaban J connectivity index is 2.12. The van der Waals surface area contributed by atoms with Crippen molar-refractivity contribution in [2.24, 2.45) is 7.05 Å². The van der Waals surface area contributed by atoms with Crippen LogP contribution >= 0.6 is 0 Å². The molecule has 2 heterocycles. The molecule has 1 unspecified atom stereocenters. The zero-order valence-corrected chi connectivity index (χ0v) is 12.6. The third-order valence-corrected chi connectivity index (χ3v) is 4.46. The maximum Gasteiger partial charge on any atom is 0.0749 e. The first-order valence-corrected chi connectivity index (χ1v) is 7.48. The van der Waals surface area contributed by atoms with Gasteiger partial charge in [-0.05, 0) is 44.4 Å². The van der Waals surface area contributed by atoms with E-state index in [1.54, 1.807) is 0 Å². The van der Waals surface area contributed by atoms with E-state index in [0.29, 0.717) is 5.92 Å². The van der Waals surface area contributed by atoms with E-state index >= 15 is 0 Å². The number of aromatic nitrogens is 2. The summed E-state index contributed by atoms with van der Waals surface area (Å²) in [5, 5.41) is 8.33. The number of benzene rings is 1. The molecule has 106 valence electrons. The molecule has 1 aliphatic heterocycles. The molecule has 1 aliphatic rings. The minimum Gasteiger partial charge on any atom is -0.316 e. The smallest absolute Gasteiger partial charge is 0.0749 e. The van der Waals surface area contributed by atoms with Crippen LogP contribution in [0.25, 0.3) is 11.1 Å². The maximum absolute atomic E-state index is 4.83. The van der Waals surface area contributed by atoms with Crippen LogP contribution in [0, 0.1) is 13.8 Å². The highest BCUT2D eigenvalue weighted by Gasteiger charge is 2.24. The molecule has 20 heavy (non-hydrogen) atoms. The largest absolute Gasteiger partial charge is 0.316 e. The molecule has 1 atom stereocenters. The molecule has 3 nitrogen and oxygen atoms in total. The quantitative estimate of drug-likeness (QED) is 0.907. The lowest BCUT2D eigenvalue weighted by atomic mass is 9.89. The van der Waals surface area contributed by atoms with Crippen LogP contribution in [0.15, 0.2) is 24.3 Å². The summed E-state index contributed by atoms with van der Waals surface area (Å²) in [6, 6.07) is 8.63. The molecule has 1 fully saturated rings. The molecular formula is C17H23N3. The Bertz CT molecular complexity index is 607. The third kappa shape index (κ3) is 2.27. The van der Waals surface area contributed by atoms with Gasteiger partial charge < -0.3 is 5.32 Å². The average molecular weight is 269 g/mol. The maximum atomic E-state index is 4.83. The third-order valence-electron chi connectivity index (χ3n) is 4.46.